The van der Waals surface area contributed by atoms with Gasteiger partial charge in [-0.15, -0.1) is 21.6 Å². The monoisotopic (exact) mass is 616 g/mol. The largest absolute Gasteiger partial charge is 0.744 e. The topological polar surface area (TPSA) is 211 Å². The number of para-hydroxylation sites is 2. The van der Waals surface area contributed by atoms with Gasteiger partial charge in [-0.05, 0) is 55.8 Å². The van der Waals surface area contributed by atoms with Crippen LogP contribution in [0.3, 0.4) is 0 Å². The van der Waals surface area contributed by atoms with Crippen LogP contribution >= 0.6 is 11.3 Å². The van der Waals surface area contributed by atoms with E-state index in [-0.39, 0.29) is 32.0 Å². The van der Waals surface area contributed by atoms with Gasteiger partial charge in [-0.25, -0.2) is 21.8 Å². The number of benzene rings is 3. The number of thiazole rings is 1. The molecule has 214 valence electrons. The number of azo groups is 1. The van der Waals surface area contributed by atoms with Crippen LogP contribution in [-0.2, 0) is 25.0 Å². The maximum Gasteiger partial charge on any atom is 0.279 e. The Bertz CT molecular complexity index is 1960. The minimum absolute atomic E-state index is 0.0829. The maximum absolute atomic E-state index is 12.8. The van der Waals surface area contributed by atoms with Crippen molar-refractivity contribution in [2.24, 2.45) is 10.2 Å². The van der Waals surface area contributed by atoms with Crippen molar-refractivity contribution in [3.8, 4) is 16.3 Å². The van der Waals surface area contributed by atoms with Gasteiger partial charge in [-0.2, -0.15) is 0 Å². The fourth-order valence-electron chi connectivity index (χ4n) is 3.75. The summed E-state index contributed by atoms with van der Waals surface area (Å²) in [5, 5.41) is 20.1. The second kappa shape index (κ2) is 11.3. The summed E-state index contributed by atoms with van der Waals surface area (Å²) in [4.78, 5) is 15.8. The summed E-state index contributed by atoms with van der Waals surface area (Å²) >= 11 is 0.828. The summed E-state index contributed by atoms with van der Waals surface area (Å²) < 4.78 is 77.1. The van der Waals surface area contributed by atoms with Crippen LogP contribution in [0, 0.1) is 6.92 Å². The van der Waals surface area contributed by atoms with Gasteiger partial charge in [0.2, 0.25) is 0 Å². The predicted molar refractivity (Wildman–Crippen MR) is 147 cm³/mol. The molecule has 0 atom stereocenters. The molecule has 1 heterocycles. The number of methoxy groups -OCH3 is 1. The third kappa shape index (κ3) is 6.41. The number of allylic oxidation sites excluding steroid dienone is 1. The first-order valence-electron chi connectivity index (χ1n) is 11.4. The predicted octanol–water partition coefficient (Wildman–Crippen LogP) is 4.60. The number of ether oxygens (including phenoxy) is 1. The lowest BCUT2D eigenvalue weighted by molar-refractivity contribution is -0.113. The van der Waals surface area contributed by atoms with Crippen LogP contribution in [0.4, 0.5) is 11.4 Å². The molecular formula is C25H20N4O9S3-2. The van der Waals surface area contributed by atoms with Crippen LogP contribution in [0.1, 0.15) is 12.5 Å². The molecule has 0 unspecified atom stereocenters. The number of anilines is 1. The lowest BCUT2D eigenvalue weighted by Gasteiger charge is -2.12. The van der Waals surface area contributed by atoms with E-state index in [1.807, 2.05) is 0 Å². The molecule has 4 aromatic rings. The van der Waals surface area contributed by atoms with Crippen molar-refractivity contribution in [2.45, 2.75) is 23.6 Å². The van der Waals surface area contributed by atoms with Crippen molar-refractivity contribution >= 4 is 59.1 Å². The third-order valence-electron chi connectivity index (χ3n) is 5.61. The molecule has 0 saturated heterocycles. The molecule has 3 aromatic carbocycles. The number of hydrogen-bond donors (Lipinski definition) is 2. The van der Waals surface area contributed by atoms with E-state index in [0.29, 0.717) is 5.75 Å². The second-order valence-electron chi connectivity index (χ2n) is 8.46. The SMILES string of the molecule is COc1ccccc1NC(=O)C(N=Nc1ccc(-c2nc3ccc(C)c(S(=O)(=O)[O-])c3s2)cc1S(=O)(=O)[O-])=C(C)O. The number of carbonyl (C=O) groups is 1. The Morgan fingerprint density at radius 3 is 2.39 bits per heavy atom. The van der Waals surface area contributed by atoms with Crippen molar-refractivity contribution in [1.82, 2.24) is 4.98 Å². The number of aryl methyl sites for hydroxylation is 1. The molecule has 0 saturated carbocycles. The average Bonchev–Trinajstić information content (AvgIpc) is 3.31. The van der Waals surface area contributed by atoms with Crippen LogP contribution in [-0.4, -0.2) is 49.0 Å². The van der Waals surface area contributed by atoms with Crippen LogP contribution < -0.4 is 10.1 Å². The van der Waals surface area contributed by atoms with E-state index < -0.39 is 53.1 Å². The molecule has 0 aliphatic heterocycles. The molecule has 0 spiro atoms. The van der Waals surface area contributed by atoms with E-state index in [1.54, 1.807) is 18.2 Å². The number of aliphatic hydroxyl groups is 1. The molecule has 13 nitrogen and oxygen atoms in total. The maximum atomic E-state index is 12.8. The molecule has 0 bridgehead atoms. The van der Waals surface area contributed by atoms with Crippen LogP contribution in [0.25, 0.3) is 20.8 Å². The molecule has 41 heavy (non-hydrogen) atoms. The van der Waals surface area contributed by atoms with E-state index in [1.165, 1.54) is 38.3 Å². The highest BCUT2D eigenvalue weighted by molar-refractivity contribution is 7.86. The van der Waals surface area contributed by atoms with Gasteiger partial charge in [0.05, 0.1) is 32.8 Å². The highest BCUT2D eigenvalue weighted by Gasteiger charge is 2.19. The quantitative estimate of drug-likeness (QED) is 0.121. The summed E-state index contributed by atoms with van der Waals surface area (Å²) in [6.07, 6.45) is 0. The summed E-state index contributed by atoms with van der Waals surface area (Å²) in [6, 6.07) is 12.8. The van der Waals surface area contributed by atoms with Crippen LogP contribution in [0.15, 0.2) is 86.1 Å². The molecule has 0 radical (unpaired) electrons. The van der Waals surface area contributed by atoms with Gasteiger partial charge in [0.25, 0.3) is 5.91 Å². The van der Waals surface area contributed by atoms with Gasteiger partial charge in [0.15, 0.2) is 5.70 Å². The van der Waals surface area contributed by atoms with Gasteiger partial charge < -0.3 is 24.3 Å². The van der Waals surface area contributed by atoms with E-state index >= 15 is 0 Å². The smallest absolute Gasteiger partial charge is 0.279 e. The number of fused-ring (bicyclic) bond motifs is 1. The highest BCUT2D eigenvalue weighted by atomic mass is 32.2. The van der Waals surface area contributed by atoms with Crippen molar-refractivity contribution in [3.63, 3.8) is 0 Å². The lowest BCUT2D eigenvalue weighted by Crippen LogP contribution is -2.15. The van der Waals surface area contributed by atoms with E-state index in [0.717, 1.165) is 30.4 Å². The normalized spacial score (nSPS) is 12.9. The summed E-state index contributed by atoms with van der Waals surface area (Å²) in [6.45, 7) is 2.62. The molecule has 0 fully saturated rings. The van der Waals surface area contributed by atoms with E-state index in [2.05, 4.69) is 20.5 Å². The Morgan fingerprint density at radius 2 is 1.76 bits per heavy atom. The third-order valence-corrected chi connectivity index (χ3v) is 8.76. The fraction of sp³-hybridized carbons (Fsp3) is 0.120. The zero-order chi connectivity index (χ0) is 30.1. The minimum atomic E-state index is -5.15. The summed E-state index contributed by atoms with van der Waals surface area (Å²) in [7, 11) is -8.59. The van der Waals surface area contributed by atoms with Gasteiger partial charge in [0, 0.05) is 5.56 Å². The lowest BCUT2D eigenvalue weighted by atomic mass is 10.2. The van der Waals surface area contributed by atoms with Crippen molar-refractivity contribution < 1.29 is 40.6 Å². The van der Waals surface area contributed by atoms with Gasteiger partial charge in [0.1, 0.15) is 42.4 Å². The van der Waals surface area contributed by atoms with Gasteiger partial charge in [-0.3, -0.25) is 4.79 Å². The number of amides is 1. The number of hydrogen-bond acceptors (Lipinski definition) is 13. The van der Waals surface area contributed by atoms with Crippen molar-refractivity contribution in [1.29, 1.82) is 0 Å². The fourth-order valence-corrected chi connectivity index (χ4v) is 6.66. The molecule has 2 N–H and O–H groups in total. The Labute approximate surface area is 238 Å². The molecule has 16 heteroatoms. The first-order valence-corrected chi connectivity index (χ1v) is 15.1. The van der Waals surface area contributed by atoms with E-state index in [4.69, 9.17) is 4.74 Å². The number of nitrogens with one attached hydrogen (secondary N) is 1. The Hall–Kier alpha value is -4.22. The zero-order valence-corrected chi connectivity index (χ0v) is 23.9. The number of aliphatic hydroxyl groups excluding tert-OH is 1. The number of nitrogens with zero attached hydrogens (tertiary/aromatic N) is 3. The standard InChI is InChI=1S/C25H22N4O9S3/c1-13-8-10-18-22(23(13)41(35,36)37)39-25(27-18)15-9-11-17(20(12-15)40(32,33)34)28-29-21(14(2)30)24(31)26-16-6-4-5-7-19(16)38-3/h4-12,30H,1-3H3,(H,26,31)(H,32,33,34)(H,35,36,37)/p-2. The zero-order valence-electron chi connectivity index (χ0n) is 21.5. The van der Waals surface area contributed by atoms with Crippen molar-refractivity contribution in [3.05, 3.63) is 71.6 Å². The number of carbonyl (C=O) groups excluding carboxylic acids is 1. The van der Waals surface area contributed by atoms with Crippen LogP contribution in [0.5, 0.6) is 5.75 Å². The molecule has 4 rings (SSSR count). The molecule has 1 aromatic heterocycles. The summed E-state index contributed by atoms with van der Waals surface area (Å²) in [5.41, 5.74) is -0.210. The van der Waals surface area contributed by atoms with Gasteiger partial charge >= 0.3 is 0 Å². The minimum Gasteiger partial charge on any atom is -0.744 e. The van der Waals surface area contributed by atoms with E-state index in [9.17, 15) is 35.8 Å². The van der Waals surface area contributed by atoms with Crippen molar-refractivity contribution in [2.75, 3.05) is 12.4 Å². The van der Waals surface area contributed by atoms with Crippen LogP contribution in [0.2, 0.25) is 0 Å². The van der Waals surface area contributed by atoms with Gasteiger partial charge in [-0.1, -0.05) is 18.2 Å². The Kier molecular flexibility index (Phi) is 8.23. The molecule has 0 aliphatic carbocycles. The molecule has 1 amide bonds. The summed E-state index contributed by atoms with van der Waals surface area (Å²) in [5.74, 6) is -1.11. The first kappa shape index (κ1) is 29.8. The molecule has 0 aliphatic rings. The number of aromatic nitrogens is 1. The highest BCUT2D eigenvalue weighted by Crippen LogP contribution is 2.38. The number of rotatable bonds is 8. The second-order valence-corrected chi connectivity index (χ2v) is 12.1. The Balaban J connectivity index is 1.74. The molecular weight excluding hydrogens is 596 g/mol. The average molecular weight is 617 g/mol. The Morgan fingerprint density at radius 1 is 1.05 bits per heavy atom. The first-order chi connectivity index (χ1) is 19.2.